The van der Waals surface area contributed by atoms with Gasteiger partial charge in [0, 0.05) is 23.8 Å². The summed E-state index contributed by atoms with van der Waals surface area (Å²) in [5.41, 5.74) is 3.56. The lowest BCUT2D eigenvalue weighted by molar-refractivity contribution is 0.744. The van der Waals surface area contributed by atoms with Crippen molar-refractivity contribution in [1.82, 2.24) is 4.98 Å². The Hall–Kier alpha value is -0.760. The molecule has 1 aromatic rings. The molecule has 0 amide bonds. The molecule has 1 aliphatic rings. The Morgan fingerprint density at radius 2 is 2.12 bits per heavy atom. The van der Waals surface area contributed by atoms with E-state index >= 15 is 0 Å². The number of aromatic nitrogens is 1. The van der Waals surface area contributed by atoms with Crippen LogP contribution in [0.1, 0.15) is 43.0 Å². The van der Waals surface area contributed by atoms with E-state index in [1.54, 1.807) is 0 Å². The topological polar surface area (TPSA) is 16.1 Å². The summed E-state index contributed by atoms with van der Waals surface area (Å²) in [6.45, 7) is 7.50. The molecule has 0 bridgehead atoms. The van der Waals surface area contributed by atoms with Crippen LogP contribution in [0.3, 0.4) is 0 Å². The number of pyridine rings is 1. The summed E-state index contributed by atoms with van der Waals surface area (Å²) in [5.74, 6) is 1.68. The van der Waals surface area contributed by atoms with Crippen LogP contribution in [0.4, 0.5) is 5.82 Å². The molecule has 0 atom stereocenters. The number of rotatable bonds is 5. The third-order valence-corrected chi connectivity index (χ3v) is 3.58. The minimum Gasteiger partial charge on any atom is -0.353 e. The minimum absolute atomic E-state index is 0.557. The number of aryl methyl sites for hydroxylation is 2. The third kappa shape index (κ3) is 2.74. The molecule has 0 N–H and O–H groups in total. The van der Waals surface area contributed by atoms with Crippen LogP contribution in [0.2, 0.25) is 0 Å². The van der Waals surface area contributed by atoms with Crippen LogP contribution in [-0.2, 0) is 5.88 Å². The second-order valence-electron chi connectivity index (χ2n) is 4.94. The lowest BCUT2D eigenvalue weighted by Crippen LogP contribution is -2.29. The summed E-state index contributed by atoms with van der Waals surface area (Å²) in [6.07, 6.45) is 3.76. The normalized spacial score (nSPS) is 15.1. The highest BCUT2D eigenvalue weighted by Crippen LogP contribution is 2.34. The molecule has 0 aliphatic heterocycles. The lowest BCUT2D eigenvalue weighted by atomic mass is 10.1. The van der Waals surface area contributed by atoms with Crippen molar-refractivity contribution < 1.29 is 0 Å². The lowest BCUT2D eigenvalue weighted by Gasteiger charge is -2.26. The van der Waals surface area contributed by atoms with E-state index in [0.717, 1.165) is 24.5 Å². The Balaban J connectivity index is 2.39. The Bertz CT molecular complexity index is 399. The number of hydrogen-bond acceptors (Lipinski definition) is 2. The predicted octanol–water partition coefficient (Wildman–Crippen LogP) is 3.82. The molecule has 1 heterocycles. The molecular formula is C14H21ClN2. The highest BCUT2D eigenvalue weighted by molar-refractivity contribution is 6.17. The van der Waals surface area contributed by atoms with Crippen LogP contribution >= 0.6 is 11.6 Å². The predicted molar refractivity (Wildman–Crippen MR) is 73.9 cm³/mol. The number of halogens is 1. The van der Waals surface area contributed by atoms with Crippen LogP contribution in [0.5, 0.6) is 0 Å². The highest BCUT2D eigenvalue weighted by atomic mass is 35.5. The van der Waals surface area contributed by atoms with E-state index < -0.39 is 0 Å². The van der Waals surface area contributed by atoms with Crippen molar-refractivity contribution in [3.05, 3.63) is 22.9 Å². The van der Waals surface area contributed by atoms with E-state index in [1.807, 2.05) is 0 Å². The van der Waals surface area contributed by atoms with Gasteiger partial charge in [-0.05, 0) is 44.7 Å². The quantitative estimate of drug-likeness (QED) is 0.741. The van der Waals surface area contributed by atoms with Gasteiger partial charge >= 0.3 is 0 Å². The van der Waals surface area contributed by atoms with E-state index in [0.29, 0.717) is 11.9 Å². The number of anilines is 1. The molecule has 0 unspecified atom stereocenters. The Morgan fingerprint density at radius 3 is 2.65 bits per heavy atom. The van der Waals surface area contributed by atoms with Gasteiger partial charge in [0.15, 0.2) is 0 Å². The molecule has 17 heavy (non-hydrogen) atoms. The van der Waals surface area contributed by atoms with Gasteiger partial charge < -0.3 is 4.90 Å². The molecule has 1 aliphatic carbocycles. The van der Waals surface area contributed by atoms with Crippen molar-refractivity contribution in [2.75, 3.05) is 11.4 Å². The van der Waals surface area contributed by atoms with Crippen LogP contribution in [0.15, 0.2) is 6.07 Å². The average Bonchev–Trinajstić information content (AvgIpc) is 3.08. The van der Waals surface area contributed by atoms with Crippen LogP contribution in [0.25, 0.3) is 0 Å². The van der Waals surface area contributed by atoms with E-state index in [-0.39, 0.29) is 0 Å². The molecule has 1 saturated carbocycles. The van der Waals surface area contributed by atoms with Gasteiger partial charge in [-0.3, -0.25) is 0 Å². The summed E-state index contributed by atoms with van der Waals surface area (Å²) < 4.78 is 0. The fourth-order valence-corrected chi connectivity index (χ4v) is 2.67. The molecule has 2 nitrogen and oxygen atoms in total. The van der Waals surface area contributed by atoms with Crippen molar-refractivity contribution in [3.63, 3.8) is 0 Å². The molecule has 0 spiro atoms. The van der Waals surface area contributed by atoms with Gasteiger partial charge in [-0.15, -0.1) is 11.6 Å². The highest BCUT2D eigenvalue weighted by Gasteiger charge is 2.31. The molecule has 0 saturated heterocycles. The fraction of sp³-hybridized carbons (Fsp3) is 0.643. The van der Waals surface area contributed by atoms with Crippen molar-refractivity contribution in [3.8, 4) is 0 Å². The summed E-state index contributed by atoms with van der Waals surface area (Å²) in [5, 5.41) is 0. The Labute approximate surface area is 109 Å². The summed E-state index contributed by atoms with van der Waals surface area (Å²) in [7, 11) is 0. The van der Waals surface area contributed by atoms with Crippen molar-refractivity contribution in [1.29, 1.82) is 0 Å². The first-order valence-electron chi connectivity index (χ1n) is 6.47. The maximum Gasteiger partial charge on any atom is 0.133 e. The van der Waals surface area contributed by atoms with Crippen LogP contribution in [-0.4, -0.2) is 17.6 Å². The molecule has 3 heteroatoms. The first-order valence-corrected chi connectivity index (χ1v) is 7.00. The second-order valence-corrected chi connectivity index (χ2v) is 5.21. The smallest absolute Gasteiger partial charge is 0.133 e. The second kappa shape index (κ2) is 5.26. The standard InChI is InChI=1S/C14H21ClN2/c1-4-7-17(12-5-6-12)14-13(9-15)10(2)8-11(3)16-14/h8,12H,4-7,9H2,1-3H3. The number of nitrogens with zero attached hydrogens (tertiary/aromatic N) is 2. The van der Waals surface area contributed by atoms with Crippen molar-refractivity contribution >= 4 is 17.4 Å². The van der Waals surface area contributed by atoms with E-state index in [1.165, 1.54) is 24.0 Å². The summed E-state index contributed by atoms with van der Waals surface area (Å²) in [4.78, 5) is 7.18. The first kappa shape index (κ1) is 12.7. The Kier molecular flexibility index (Phi) is 3.93. The van der Waals surface area contributed by atoms with Crippen molar-refractivity contribution in [2.24, 2.45) is 0 Å². The van der Waals surface area contributed by atoms with E-state index in [9.17, 15) is 0 Å². The molecule has 1 aromatic heterocycles. The zero-order valence-corrected chi connectivity index (χ0v) is 11.7. The van der Waals surface area contributed by atoms with Gasteiger partial charge in [-0.2, -0.15) is 0 Å². The summed E-state index contributed by atoms with van der Waals surface area (Å²) >= 11 is 6.09. The molecule has 0 radical (unpaired) electrons. The Morgan fingerprint density at radius 1 is 1.41 bits per heavy atom. The monoisotopic (exact) mass is 252 g/mol. The third-order valence-electron chi connectivity index (χ3n) is 3.31. The molecular weight excluding hydrogens is 232 g/mol. The molecule has 2 rings (SSSR count). The molecule has 0 aromatic carbocycles. The largest absolute Gasteiger partial charge is 0.353 e. The summed E-state index contributed by atoms with van der Waals surface area (Å²) in [6, 6.07) is 2.82. The maximum absolute atomic E-state index is 6.09. The zero-order chi connectivity index (χ0) is 12.4. The molecule has 1 fully saturated rings. The first-order chi connectivity index (χ1) is 8.17. The van der Waals surface area contributed by atoms with Crippen LogP contribution < -0.4 is 4.90 Å². The van der Waals surface area contributed by atoms with Gasteiger partial charge in [-0.1, -0.05) is 6.92 Å². The van der Waals surface area contributed by atoms with Gasteiger partial charge in [0.25, 0.3) is 0 Å². The van der Waals surface area contributed by atoms with Gasteiger partial charge in [-0.25, -0.2) is 4.98 Å². The van der Waals surface area contributed by atoms with E-state index in [4.69, 9.17) is 16.6 Å². The molecule has 94 valence electrons. The minimum atomic E-state index is 0.557. The van der Waals surface area contributed by atoms with Gasteiger partial charge in [0.2, 0.25) is 0 Å². The maximum atomic E-state index is 6.09. The van der Waals surface area contributed by atoms with E-state index in [2.05, 4.69) is 31.7 Å². The number of alkyl halides is 1. The number of hydrogen-bond donors (Lipinski definition) is 0. The van der Waals surface area contributed by atoms with Gasteiger partial charge in [0.05, 0.1) is 5.88 Å². The SMILES string of the molecule is CCCN(c1nc(C)cc(C)c1CCl)C1CC1. The van der Waals surface area contributed by atoms with Gasteiger partial charge in [0.1, 0.15) is 5.82 Å². The average molecular weight is 253 g/mol. The van der Waals surface area contributed by atoms with Crippen LogP contribution in [0, 0.1) is 13.8 Å². The zero-order valence-electron chi connectivity index (χ0n) is 11.0. The fourth-order valence-electron chi connectivity index (χ4n) is 2.33. The van der Waals surface area contributed by atoms with Crippen molar-refractivity contribution in [2.45, 2.75) is 52.0 Å².